The molecule has 0 aliphatic heterocycles. The number of nitrogens with zero attached hydrogens (tertiary/aromatic N) is 1. The first-order valence-corrected chi connectivity index (χ1v) is 5.08. The van der Waals surface area contributed by atoms with Crippen LogP contribution in [0, 0.1) is 0 Å². The fourth-order valence-electron chi connectivity index (χ4n) is 1.56. The van der Waals surface area contributed by atoms with E-state index in [4.69, 9.17) is 10.2 Å². The molecule has 0 atom stereocenters. The Balaban J connectivity index is 2.93. The molecule has 16 heavy (non-hydrogen) atoms. The molecule has 1 aromatic heterocycles. The van der Waals surface area contributed by atoms with E-state index >= 15 is 0 Å². The highest BCUT2D eigenvalue weighted by molar-refractivity contribution is 9.10. The van der Waals surface area contributed by atoms with Crippen molar-refractivity contribution < 1.29 is 19.8 Å². The van der Waals surface area contributed by atoms with E-state index in [2.05, 4.69) is 15.9 Å². The zero-order valence-electron chi connectivity index (χ0n) is 7.85. The summed E-state index contributed by atoms with van der Waals surface area (Å²) in [7, 11) is 0. The second kappa shape index (κ2) is 3.64. The number of hydrogen-bond acceptors (Lipinski definition) is 2. The van der Waals surface area contributed by atoms with Gasteiger partial charge in [-0.1, -0.05) is 22.0 Å². The van der Waals surface area contributed by atoms with Gasteiger partial charge < -0.3 is 10.2 Å². The molecule has 0 aliphatic rings. The van der Waals surface area contributed by atoms with Crippen LogP contribution < -0.4 is 0 Å². The van der Waals surface area contributed by atoms with Crippen LogP contribution in [0.3, 0.4) is 0 Å². The van der Waals surface area contributed by atoms with E-state index in [9.17, 15) is 9.59 Å². The molecule has 0 radical (unpaired) electrons. The van der Waals surface area contributed by atoms with Crippen molar-refractivity contribution in [2.45, 2.75) is 0 Å². The van der Waals surface area contributed by atoms with Crippen LogP contribution in [0.4, 0.5) is 4.79 Å². The fourth-order valence-corrected chi connectivity index (χ4v) is 2.13. The molecular weight excluding hydrogens is 278 g/mol. The molecule has 2 rings (SSSR count). The molecule has 82 valence electrons. The number of carboxylic acids is 1. The van der Waals surface area contributed by atoms with Crippen LogP contribution in [0.1, 0.15) is 10.4 Å². The maximum atomic E-state index is 11.0. The number of halogens is 1. The highest BCUT2D eigenvalue weighted by Gasteiger charge is 2.18. The number of hydrogen-bond donors (Lipinski definition) is 2. The second-order valence-electron chi connectivity index (χ2n) is 3.13. The molecule has 0 saturated heterocycles. The van der Waals surface area contributed by atoms with Crippen LogP contribution in [-0.2, 0) is 0 Å². The molecule has 0 fully saturated rings. The van der Waals surface area contributed by atoms with E-state index in [1.165, 1.54) is 0 Å². The predicted molar refractivity (Wildman–Crippen MR) is 60.0 cm³/mol. The van der Waals surface area contributed by atoms with Crippen molar-refractivity contribution >= 4 is 38.9 Å². The quantitative estimate of drug-likeness (QED) is 0.843. The molecule has 1 aromatic carbocycles. The molecule has 0 unspecified atom stereocenters. The van der Waals surface area contributed by atoms with E-state index in [-0.39, 0.29) is 5.56 Å². The van der Waals surface area contributed by atoms with Gasteiger partial charge in [0.05, 0.1) is 11.1 Å². The van der Waals surface area contributed by atoms with Gasteiger partial charge in [-0.25, -0.2) is 9.59 Å². The molecule has 0 aliphatic carbocycles. The molecule has 0 amide bonds. The summed E-state index contributed by atoms with van der Waals surface area (Å²) in [5, 5.41) is 18.3. The lowest BCUT2D eigenvalue weighted by Gasteiger charge is -1.98. The number of carbonyl (C=O) groups is 2. The highest BCUT2D eigenvalue weighted by atomic mass is 79.9. The van der Waals surface area contributed by atoms with E-state index in [1.54, 1.807) is 18.2 Å². The Morgan fingerprint density at radius 1 is 1.25 bits per heavy atom. The first kappa shape index (κ1) is 10.7. The summed E-state index contributed by atoms with van der Waals surface area (Å²) in [4.78, 5) is 21.9. The normalized spacial score (nSPS) is 10.6. The first-order chi connectivity index (χ1) is 7.52. The van der Waals surface area contributed by atoms with Crippen LogP contribution in [0.25, 0.3) is 10.9 Å². The van der Waals surface area contributed by atoms with E-state index < -0.39 is 12.1 Å². The van der Waals surface area contributed by atoms with Crippen molar-refractivity contribution in [2.75, 3.05) is 0 Å². The smallest absolute Gasteiger partial charge is 0.416 e. The van der Waals surface area contributed by atoms with Gasteiger partial charge in [0.25, 0.3) is 0 Å². The van der Waals surface area contributed by atoms with Crippen molar-refractivity contribution in [1.82, 2.24) is 4.57 Å². The minimum Gasteiger partial charge on any atom is -0.478 e. The molecule has 2 N–H and O–H groups in total. The van der Waals surface area contributed by atoms with Gasteiger partial charge in [0.2, 0.25) is 0 Å². The van der Waals surface area contributed by atoms with Gasteiger partial charge in [0, 0.05) is 16.1 Å². The highest BCUT2D eigenvalue weighted by Crippen LogP contribution is 2.28. The van der Waals surface area contributed by atoms with Gasteiger partial charge in [-0.05, 0) is 12.1 Å². The Bertz CT molecular complexity index is 602. The Morgan fingerprint density at radius 3 is 2.50 bits per heavy atom. The minimum atomic E-state index is -1.21. The van der Waals surface area contributed by atoms with E-state index in [0.717, 1.165) is 10.8 Å². The first-order valence-electron chi connectivity index (χ1n) is 4.28. The van der Waals surface area contributed by atoms with Crippen molar-refractivity contribution in [3.8, 4) is 0 Å². The molecule has 0 bridgehead atoms. The zero-order valence-corrected chi connectivity index (χ0v) is 9.43. The van der Waals surface area contributed by atoms with Crippen LogP contribution in [0.5, 0.6) is 0 Å². The predicted octanol–water partition coefficient (Wildman–Crippen LogP) is 2.63. The van der Waals surface area contributed by atoms with Crippen LogP contribution in [0.15, 0.2) is 28.9 Å². The van der Waals surface area contributed by atoms with E-state index in [1.807, 2.05) is 0 Å². The number of aromatic nitrogens is 1. The number of aromatic carboxylic acids is 1. The average Bonchev–Trinajstić information content (AvgIpc) is 2.58. The van der Waals surface area contributed by atoms with Crippen LogP contribution in [-0.4, -0.2) is 26.8 Å². The lowest BCUT2D eigenvalue weighted by molar-refractivity contribution is 0.0699. The lowest BCUT2D eigenvalue weighted by Crippen LogP contribution is -2.05. The third kappa shape index (κ3) is 1.47. The third-order valence-electron chi connectivity index (χ3n) is 2.22. The maximum absolute atomic E-state index is 11.0. The fraction of sp³-hybridized carbons (Fsp3) is 0. The van der Waals surface area contributed by atoms with E-state index in [0.29, 0.717) is 15.4 Å². The van der Waals surface area contributed by atoms with Gasteiger partial charge in [0.1, 0.15) is 0 Å². The number of fused-ring (bicyclic) bond motifs is 1. The third-order valence-corrected chi connectivity index (χ3v) is 2.88. The van der Waals surface area contributed by atoms with Gasteiger partial charge in [-0.3, -0.25) is 4.57 Å². The van der Waals surface area contributed by atoms with Gasteiger partial charge >= 0.3 is 12.1 Å². The molecule has 1 heterocycles. The monoisotopic (exact) mass is 283 g/mol. The van der Waals surface area contributed by atoms with Gasteiger partial charge in [0.15, 0.2) is 0 Å². The van der Waals surface area contributed by atoms with Crippen LogP contribution in [0.2, 0.25) is 0 Å². The summed E-state index contributed by atoms with van der Waals surface area (Å²) >= 11 is 3.21. The average molecular weight is 284 g/mol. The lowest BCUT2D eigenvalue weighted by atomic mass is 10.2. The Labute approximate surface area is 98.0 Å². The Morgan fingerprint density at radius 2 is 1.94 bits per heavy atom. The maximum Gasteiger partial charge on any atom is 0.416 e. The summed E-state index contributed by atoms with van der Waals surface area (Å²) in [5.74, 6) is -1.16. The standard InChI is InChI=1S/C10H6BrNO4/c11-6-2-1-3-7-8(6)5(9(13)14)4-12(7)10(15)16/h1-4H,(H,13,14)(H,15,16). The number of benzene rings is 1. The largest absolute Gasteiger partial charge is 0.478 e. The SMILES string of the molecule is O=C(O)c1cn(C(=O)O)c2cccc(Br)c12. The summed E-state index contributed by atoms with van der Waals surface area (Å²) < 4.78 is 1.45. The molecule has 0 saturated carbocycles. The molecular formula is C10H6BrNO4. The van der Waals surface area contributed by atoms with Crippen molar-refractivity contribution in [3.05, 3.63) is 34.4 Å². The van der Waals surface area contributed by atoms with Crippen molar-refractivity contribution in [1.29, 1.82) is 0 Å². The zero-order chi connectivity index (χ0) is 11.9. The summed E-state index contributed by atoms with van der Waals surface area (Å²) in [6.07, 6.45) is -0.115. The second-order valence-corrected chi connectivity index (χ2v) is 3.99. The van der Waals surface area contributed by atoms with Gasteiger partial charge in [-0.15, -0.1) is 0 Å². The Hall–Kier alpha value is -1.82. The Kier molecular flexibility index (Phi) is 2.43. The van der Waals surface area contributed by atoms with Crippen molar-refractivity contribution in [3.63, 3.8) is 0 Å². The molecule has 6 heteroatoms. The summed E-state index contributed by atoms with van der Waals surface area (Å²) in [5.41, 5.74) is 0.309. The number of carboxylic acid groups (broad SMARTS) is 2. The van der Waals surface area contributed by atoms with Gasteiger partial charge in [-0.2, -0.15) is 0 Å². The molecule has 5 nitrogen and oxygen atoms in total. The minimum absolute atomic E-state index is 0.0372. The summed E-state index contributed by atoms with van der Waals surface area (Å²) in [6, 6.07) is 4.87. The van der Waals surface area contributed by atoms with Crippen molar-refractivity contribution in [2.24, 2.45) is 0 Å². The molecule has 2 aromatic rings. The number of rotatable bonds is 1. The summed E-state index contributed by atoms with van der Waals surface area (Å²) in [6.45, 7) is 0. The van der Waals surface area contributed by atoms with Crippen LogP contribution >= 0.6 is 15.9 Å². The molecule has 0 spiro atoms. The topological polar surface area (TPSA) is 79.5 Å².